The molecule has 1 saturated heterocycles. The van der Waals surface area contributed by atoms with Crippen molar-refractivity contribution in [1.82, 2.24) is 15.5 Å². The molecule has 0 spiro atoms. The van der Waals surface area contributed by atoms with Crippen molar-refractivity contribution in [2.45, 2.75) is 24.9 Å². The molecule has 0 unspecified atom stereocenters. The van der Waals surface area contributed by atoms with Gasteiger partial charge < -0.3 is 9.84 Å². The van der Waals surface area contributed by atoms with E-state index in [0.717, 1.165) is 32.0 Å². The number of aromatic nitrogens is 2. The molecule has 22 heavy (non-hydrogen) atoms. The lowest BCUT2D eigenvalue weighted by molar-refractivity contribution is -0.137. The van der Waals surface area contributed by atoms with Crippen molar-refractivity contribution < 1.29 is 22.1 Å². The van der Waals surface area contributed by atoms with Crippen LogP contribution >= 0.6 is 0 Å². The van der Waals surface area contributed by atoms with Crippen LogP contribution < -0.4 is 5.32 Å². The van der Waals surface area contributed by atoms with Gasteiger partial charge >= 0.3 is 6.18 Å². The second-order valence-corrected chi connectivity index (χ2v) is 5.17. The number of benzene rings is 1. The summed E-state index contributed by atoms with van der Waals surface area (Å²) in [6, 6.07) is 2.15. The fraction of sp³-hybridized carbons (Fsp3) is 0.429. The van der Waals surface area contributed by atoms with Gasteiger partial charge in [-0.05, 0) is 44.1 Å². The van der Waals surface area contributed by atoms with Gasteiger partial charge in [-0.25, -0.2) is 4.39 Å². The van der Waals surface area contributed by atoms with Gasteiger partial charge in [-0.1, -0.05) is 5.16 Å². The van der Waals surface area contributed by atoms with Crippen LogP contribution in [-0.2, 0) is 6.18 Å². The number of halogens is 4. The molecule has 2 aromatic rings. The van der Waals surface area contributed by atoms with Crippen LogP contribution in [0.3, 0.4) is 0 Å². The Morgan fingerprint density at radius 1 is 1.18 bits per heavy atom. The molecular formula is C14H13F4N3O. The first-order chi connectivity index (χ1) is 10.4. The Morgan fingerprint density at radius 2 is 1.91 bits per heavy atom. The van der Waals surface area contributed by atoms with Crippen LogP contribution in [0, 0.1) is 5.82 Å². The standard InChI is InChI=1S/C14H13F4N3O/c15-11-2-1-9(14(16,17)18)7-10(11)12-20-13(22-21-12)8-3-5-19-6-4-8/h1-2,7-8,19H,3-6H2. The minimum absolute atomic E-state index is 0.0522. The predicted octanol–water partition coefficient (Wildman–Crippen LogP) is 3.36. The van der Waals surface area contributed by atoms with Crippen molar-refractivity contribution in [3.8, 4) is 11.4 Å². The lowest BCUT2D eigenvalue weighted by Gasteiger charge is -2.18. The average molecular weight is 315 g/mol. The number of alkyl halides is 3. The smallest absolute Gasteiger partial charge is 0.339 e. The molecule has 118 valence electrons. The second-order valence-electron chi connectivity index (χ2n) is 5.17. The molecule has 0 bridgehead atoms. The van der Waals surface area contributed by atoms with Gasteiger partial charge in [0.2, 0.25) is 11.7 Å². The molecule has 0 atom stereocenters. The van der Waals surface area contributed by atoms with Crippen LogP contribution in [0.4, 0.5) is 17.6 Å². The number of nitrogens with zero attached hydrogens (tertiary/aromatic N) is 2. The molecule has 1 aromatic carbocycles. The first kappa shape index (κ1) is 15.0. The van der Waals surface area contributed by atoms with Gasteiger partial charge in [0.05, 0.1) is 11.1 Å². The molecule has 1 aromatic heterocycles. The Labute approximate surface area is 123 Å². The van der Waals surface area contributed by atoms with Gasteiger partial charge in [-0.15, -0.1) is 0 Å². The third-order valence-corrected chi connectivity index (χ3v) is 3.66. The maximum Gasteiger partial charge on any atom is 0.416 e. The molecule has 8 heteroatoms. The maximum atomic E-state index is 13.8. The molecule has 1 N–H and O–H groups in total. The second kappa shape index (κ2) is 5.68. The van der Waals surface area contributed by atoms with Crippen molar-refractivity contribution in [3.05, 3.63) is 35.5 Å². The van der Waals surface area contributed by atoms with E-state index in [2.05, 4.69) is 15.5 Å². The Hall–Kier alpha value is -1.96. The summed E-state index contributed by atoms with van der Waals surface area (Å²) in [6.07, 6.45) is -2.95. The van der Waals surface area contributed by atoms with E-state index in [0.29, 0.717) is 18.0 Å². The maximum absolute atomic E-state index is 13.8. The highest BCUT2D eigenvalue weighted by Gasteiger charge is 2.32. The Morgan fingerprint density at radius 3 is 2.59 bits per heavy atom. The first-order valence-electron chi connectivity index (χ1n) is 6.86. The summed E-state index contributed by atoms with van der Waals surface area (Å²) < 4.78 is 57.1. The van der Waals surface area contributed by atoms with Crippen molar-refractivity contribution in [2.75, 3.05) is 13.1 Å². The van der Waals surface area contributed by atoms with Crippen LogP contribution in [0.5, 0.6) is 0 Å². The van der Waals surface area contributed by atoms with Gasteiger partial charge in [0.25, 0.3) is 0 Å². The van der Waals surface area contributed by atoms with E-state index in [-0.39, 0.29) is 17.3 Å². The summed E-state index contributed by atoms with van der Waals surface area (Å²) in [5, 5.41) is 6.81. The van der Waals surface area contributed by atoms with Gasteiger partial charge in [0.1, 0.15) is 5.82 Å². The molecule has 0 radical (unpaired) electrons. The zero-order valence-electron chi connectivity index (χ0n) is 11.5. The molecule has 1 aliphatic rings. The molecule has 0 aliphatic carbocycles. The van der Waals surface area contributed by atoms with Gasteiger partial charge in [0, 0.05) is 5.92 Å². The zero-order valence-corrected chi connectivity index (χ0v) is 11.5. The van der Waals surface area contributed by atoms with E-state index in [1.807, 2.05) is 0 Å². The van der Waals surface area contributed by atoms with E-state index in [1.165, 1.54) is 0 Å². The van der Waals surface area contributed by atoms with Crippen molar-refractivity contribution in [3.63, 3.8) is 0 Å². The summed E-state index contributed by atoms with van der Waals surface area (Å²) in [5.41, 5.74) is -1.25. The van der Waals surface area contributed by atoms with E-state index in [1.54, 1.807) is 0 Å². The Balaban J connectivity index is 1.92. The number of rotatable bonds is 2. The Bertz CT molecular complexity index is 662. The highest BCUT2D eigenvalue weighted by atomic mass is 19.4. The van der Waals surface area contributed by atoms with E-state index in [9.17, 15) is 17.6 Å². The highest BCUT2D eigenvalue weighted by Crippen LogP contribution is 2.33. The first-order valence-corrected chi connectivity index (χ1v) is 6.86. The molecule has 1 aliphatic heterocycles. The van der Waals surface area contributed by atoms with Gasteiger partial charge in [-0.3, -0.25) is 0 Å². The normalized spacial score (nSPS) is 16.9. The third kappa shape index (κ3) is 2.96. The summed E-state index contributed by atoms with van der Waals surface area (Å²) >= 11 is 0. The van der Waals surface area contributed by atoms with Crippen LogP contribution in [0.25, 0.3) is 11.4 Å². The summed E-state index contributed by atoms with van der Waals surface area (Å²) in [6.45, 7) is 1.61. The fourth-order valence-electron chi connectivity index (χ4n) is 2.45. The van der Waals surface area contributed by atoms with Crippen molar-refractivity contribution in [2.24, 2.45) is 0 Å². The molecule has 2 heterocycles. The van der Waals surface area contributed by atoms with Crippen LogP contribution in [0.2, 0.25) is 0 Å². The summed E-state index contributed by atoms with van der Waals surface area (Å²) in [4.78, 5) is 4.08. The van der Waals surface area contributed by atoms with Crippen LogP contribution in [-0.4, -0.2) is 23.2 Å². The fourth-order valence-corrected chi connectivity index (χ4v) is 2.45. The molecular weight excluding hydrogens is 302 g/mol. The number of piperidine rings is 1. The topological polar surface area (TPSA) is 51.0 Å². The third-order valence-electron chi connectivity index (χ3n) is 3.66. The van der Waals surface area contributed by atoms with Crippen LogP contribution in [0.15, 0.2) is 22.7 Å². The molecule has 4 nitrogen and oxygen atoms in total. The minimum Gasteiger partial charge on any atom is -0.339 e. The number of hydrogen-bond acceptors (Lipinski definition) is 4. The lowest BCUT2D eigenvalue weighted by Crippen LogP contribution is -2.26. The van der Waals surface area contributed by atoms with E-state index < -0.39 is 17.6 Å². The SMILES string of the molecule is Fc1ccc(C(F)(F)F)cc1-c1noc(C2CCNCC2)n1. The summed E-state index contributed by atoms with van der Waals surface area (Å²) in [5.74, 6) is -0.576. The largest absolute Gasteiger partial charge is 0.416 e. The van der Waals surface area contributed by atoms with Gasteiger partial charge in [0.15, 0.2) is 0 Å². The summed E-state index contributed by atoms with van der Waals surface area (Å²) in [7, 11) is 0. The van der Waals surface area contributed by atoms with Crippen molar-refractivity contribution in [1.29, 1.82) is 0 Å². The zero-order chi connectivity index (χ0) is 15.7. The number of hydrogen-bond donors (Lipinski definition) is 1. The van der Waals surface area contributed by atoms with Gasteiger partial charge in [-0.2, -0.15) is 18.2 Å². The van der Waals surface area contributed by atoms with Crippen molar-refractivity contribution >= 4 is 0 Å². The quantitative estimate of drug-likeness (QED) is 0.863. The minimum atomic E-state index is -4.55. The average Bonchev–Trinajstić information content (AvgIpc) is 2.97. The molecule has 0 amide bonds. The monoisotopic (exact) mass is 315 g/mol. The predicted molar refractivity (Wildman–Crippen MR) is 69.5 cm³/mol. The van der Waals surface area contributed by atoms with E-state index in [4.69, 9.17) is 4.52 Å². The molecule has 0 saturated carbocycles. The molecule has 3 rings (SSSR count). The highest BCUT2D eigenvalue weighted by molar-refractivity contribution is 5.57. The molecule has 1 fully saturated rings. The van der Waals surface area contributed by atoms with E-state index >= 15 is 0 Å². The number of nitrogens with one attached hydrogen (secondary N) is 1. The lowest BCUT2D eigenvalue weighted by atomic mass is 9.98. The Kier molecular flexibility index (Phi) is 3.86. The van der Waals surface area contributed by atoms with Crippen LogP contribution in [0.1, 0.15) is 30.2 Å².